The summed E-state index contributed by atoms with van der Waals surface area (Å²) >= 11 is 0. The summed E-state index contributed by atoms with van der Waals surface area (Å²) in [4.78, 5) is 46.4. The van der Waals surface area contributed by atoms with Gasteiger partial charge in [-0.3, -0.25) is 24.0 Å². The molecule has 0 bridgehead atoms. The second kappa shape index (κ2) is 9.32. The fraction of sp³-hybridized carbons (Fsp3) is 0.400. The van der Waals surface area contributed by atoms with Crippen LogP contribution in [0.25, 0.3) is 11.0 Å². The van der Waals surface area contributed by atoms with Gasteiger partial charge in [-0.05, 0) is 24.6 Å². The van der Waals surface area contributed by atoms with Gasteiger partial charge in [-0.15, -0.1) is 0 Å². The van der Waals surface area contributed by atoms with Gasteiger partial charge in [-0.1, -0.05) is 11.8 Å². The minimum Gasteiger partial charge on any atom is -0.372 e. The van der Waals surface area contributed by atoms with Gasteiger partial charge < -0.3 is 14.3 Å². The maximum atomic E-state index is 12.7. The number of imidazole rings is 1. The van der Waals surface area contributed by atoms with Gasteiger partial charge in [0.15, 0.2) is 0 Å². The molecule has 2 aromatic rings. The SMILES string of the molecule is Cn1c(=O)n(C2CCC(=O)NC2=O)c2ccc(C#CCOCCOCC=O)cc21. The second-order valence-electron chi connectivity index (χ2n) is 6.48. The number of hydrogen-bond acceptors (Lipinski definition) is 6. The molecule has 9 nitrogen and oxygen atoms in total. The van der Waals surface area contributed by atoms with Crippen LogP contribution in [0.4, 0.5) is 0 Å². The van der Waals surface area contributed by atoms with Gasteiger partial charge in [0.1, 0.15) is 25.5 Å². The third kappa shape index (κ3) is 4.62. The highest BCUT2D eigenvalue weighted by atomic mass is 16.5. The predicted octanol–water partition coefficient (Wildman–Crippen LogP) is -0.0987. The highest BCUT2D eigenvalue weighted by Crippen LogP contribution is 2.23. The average Bonchev–Trinajstić information content (AvgIpc) is 2.95. The molecule has 0 saturated carbocycles. The van der Waals surface area contributed by atoms with Gasteiger partial charge >= 0.3 is 5.69 Å². The fourth-order valence-electron chi connectivity index (χ4n) is 3.18. The van der Waals surface area contributed by atoms with E-state index in [-0.39, 0.29) is 31.2 Å². The quantitative estimate of drug-likeness (QED) is 0.302. The van der Waals surface area contributed by atoms with Crippen molar-refractivity contribution in [1.82, 2.24) is 14.5 Å². The molecular weight excluding hydrogens is 378 g/mol. The lowest BCUT2D eigenvalue weighted by Crippen LogP contribution is -2.44. The standard InChI is InChI=1S/C20H21N3O6/c1-22-17-13-14(3-2-9-28-11-12-29-10-8-24)4-5-15(17)23(20(22)27)16-6-7-18(25)21-19(16)26/h4-5,8,13,16H,6-7,9-12H2,1H3,(H,21,25,26). The van der Waals surface area contributed by atoms with Gasteiger partial charge in [-0.2, -0.15) is 0 Å². The van der Waals surface area contributed by atoms with Gasteiger partial charge in [-0.25, -0.2) is 4.79 Å². The van der Waals surface area contributed by atoms with E-state index in [2.05, 4.69) is 17.2 Å². The van der Waals surface area contributed by atoms with Crippen molar-refractivity contribution in [2.75, 3.05) is 26.4 Å². The highest BCUT2D eigenvalue weighted by Gasteiger charge is 2.31. The van der Waals surface area contributed by atoms with E-state index in [4.69, 9.17) is 9.47 Å². The van der Waals surface area contributed by atoms with E-state index < -0.39 is 11.9 Å². The predicted molar refractivity (Wildman–Crippen MR) is 103 cm³/mol. The molecule has 1 unspecified atom stereocenters. The zero-order chi connectivity index (χ0) is 20.8. The summed E-state index contributed by atoms with van der Waals surface area (Å²) in [5.41, 5.74) is 1.64. The van der Waals surface area contributed by atoms with Crippen molar-refractivity contribution in [3.63, 3.8) is 0 Å². The van der Waals surface area contributed by atoms with Crippen LogP contribution in [-0.2, 0) is 30.9 Å². The smallest absolute Gasteiger partial charge is 0.329 e. The number of aromatic nitrogens is 2. The van der Waals surface area contributed by atoms with Gasteiger partial charge in [0.05, 0.1) is 24.2 Å². The van der Waals surface area contributed by atoms with Crippen molar-refractivity contribution in [1.29, 1.82) is 0 Å². The van der Waals surface area contributed by atoms with E-state index in [0.29, 0.717) is 42.5 Å². The van der Waals surface area contributed by atoms with E-state index >= 15 is 0 Å². The number of carbonyl (C=O) groups excluding carboxylic acids is 3. The number of fused-ring (bicyclic) bond motifs is 1. The second-order valence-corrected chi connectivity index (χ2v) is 6.48. The van der Waals surface area contributed by atoms with Crippen molar-refractivity contribution < 1.29 is 23.9 Å². The molecule has 29 heavy (non-hydrogen) atoms. The number of rotatable bonds is 7. The number of amides is 2. The summed E-state index contributed by atoms with van der Waals surface area (Å²) in [7, 11) is 1.63. The van der Waals surface area contributed by atoms with Crippen LogP contribution in [0.5, 0.6) is 0 Å². The minimum atomic E-state index is -0.712. The Labute approximate surface area is 166 Å². The number of imide groups is 1. The number of carbonyl (C=O) groups is 3. The Balaban J connectivity index is 1.75. The lowest BCUT2D eigenvalue weighted by atomic mass is 10.1. The minimum absolute atomic E-state index is 0.0479. The summed E-state index contributed by atoms with van der Waals surface area (Å²) in [6, 6.07) is 4.58. The number of aryl methyl sites for hydroxylation is 1. The molecule has 1 aromatic carbocycles. The maximum absolute atomic E-state index is 12.7. The number of nitrogens with zero attached hydrogens (tertiary/aromatic N) is 2. The number of piperidine rings is 1. The summed E-state index contributed by atoms with van der Waals surface area (Å²) in [6.45, 7) is 0.915. The molecule has 2 heterocycles. The first-order chi connectivity index (χ1) is 14.0. The summed E-state index contributed by atoms with van der Waals surface area (Å²) in [6.07, 6.45) is 1.17. The molecule has 1 N–H and O–H groups in total. The Morgan fingerprint density at radius 2 is 2.00 bits per heavy atom. The number of aldehydes is 1. The molecule has 1 aromatic heterocycles. The van der Waals surface area contributed by atoms with Crippen LogP contribution < -0.4 is 11.0 Å². The van der Waals surface area contributed by atoms with Crippen molar-refractivity contribution in [3.8, 4) is 11.8 Å². The molecule has 9 heteroatoms. The average molecular weight is 399 g/mol. The summed E-state index contributed by atoms with van der Waals surface area (Å²) < 4.78 is 13.1. The number of nitrogens with one attached hydrogen (secondary N) is 1. The Kier molecular flexibility index (Phi) is 6.59. The molecule has 0 radical (unpaired) electrons. The van der Waals surface area contributed by atoms with E-state index in [9.17, 15) is 19.2 Å². The first kappa shape index (κ1) is 20.5. The van der Waals surface area contributed by atoms with Crippen LogP contribution in [0.3, 0.4) is 0 Å². The molecule has 152 valence electrons. The largest absolute Gasteiger partial charge is 0.372 e. The van der Waals surface area contributed by atoms with Gasteiger partial charge in [0.25, 0.3) is 0 Å². The summed E-state index contributed by atoms with van der Waals surface area (Å²) in [5.74, 6) is 5.06. The molecule has 1 aliphatic heterocycles. The number of benzene rings is 1. The van der Waals surface area contributed by atoms with E-state index in [1.807, 2.05) is 0 Å². The van der Waals surface area contributed by atoms with Crippen molar-refractivity contribution in [2.24, 2.45) is 7.05 Å². The molecule has 2 amide bonds. The number of ether oxygens (including phenoxy) is 2. The molecule has 1 aliphatic rings. The zero-order valence-electron chi connectivity index (χ0n) is 16.0. The Hall–Kier alpha value is -3.22. The topological polar surface area (TPSA) is 109 Å². The normalized spacial score (nSPS) is 16.4. The highest BCUT2D eigenvalue weighted by molar-refractivity contribution is 6.00. The molecular formula is C20H21N3O6. The Morgan fingerprint density at radius 3 is 2.76 bits per heavy atom. The van der Waals surface area contributed by atoms with Crippen LogP contribution in [0.1, 0.15) is 24.4 Å². The van der Waals surface area contributed by atoms with Crippen LogP contribution in [0.15, 0.2) is 23.0 Å². The van der Waals surface area contributed by atoms with E-state index in [1.165, 1.54) is 9.13 Å². The van der Waals surface area contributed by atoms with Gasteiger partial charge in [0, 0.05) is 19.0 Å². The molecule has 1 atom stereocenters. The van der Waals surface area contributed by atoms with Crippen molar-refractivity contribution in [2.45, 2.75) is 18.9 Å². The zero-order valence-corrected chi connectivity index (χ0v) is 16.0. The van der Waals surface area contributed by atoms with Crippen molar-refractivity contribution >= 4 is 29.1 Å². The molecule has 0 spiro atoms. The van der Waals surface area contributed by atoms with Crippen molar-refractivity contribution in [3.05, 3.63) is 34.2 Å². The number of hydrogen-bond donors (Lipinski definition) is 1. The molecule has 0 aliphatic carbocycles. The first-order valence-corrected chi connectivity index (χ1v) is 9.15. The van der Waals surface area contributed by atoms with E-state index in [0.717, 1.165) is 0 Å². The molecule has 3 rings (SSSR count). The summed E-state index contributed by atoms with van der Waals surface area (Å²) in [5, 5.41) is 2.29. The van der Waals surface area contributed by atoms with E-state index in [1.54, 1.807) is 25.2 Å². The molecule has 1 saturated heterocycles. The fourth-order valence-corrected chi connectivity index (χ4v) is 3.18. The van der Waals surface area contributed by atoms with Crippen LogP contribution in [0.2, 0.25) is 0 Å². The first-order valence-electron chi connectivity index (χ1n) is 9.15. The molecule has 1 fully saturated rings. The van der Waals surface area contributed by atoms with Gasteiger partial charge in [0.2, 0.25) is 11.8 Å². The lowest BCUT2D eigenvalue weighted by molar-refractivity contribution is -0.135. The van der Waals surface area contributed by atoms with Crippen LogP contribution >= 0.6 is 0 Å². The maximum Gasteiger partial charge on any atom is 0.329 e. The van der Waals surface area contributed by atoms with Crippen LogP contribution in [0, 0.1) is 11.8 Å². The third-order valence-electron chi connectivity index (χ3n) is 4.58. The Bertz CT molecular complexity index is 1060. The third-order valence-corrected chi connectivity index (χ3v) is 4.58. The lowest BCUT2D eigenvalue weighted by Gasteiger charge is -2.21. The van der Waals surface area contributed by atoms with Crippen LogP contribution in [-0.4, -0.2) is 53.7 Å². The monoisotopic (exact) mass is 399 g/mol. The Morgan fingerprint density at radius 1 is 1.21 bits per heavy atom.